The Hall–Kier alpha value is -1.30. The number of rotatable bonds is 6. The molecule has 3 aliphatic rings. The second-order valence-electron chi connectivity index (χ2n) is 8.13. The summed E-state index contributed by atoms with van der Waals surface area (Å²) in [5, 5.41) is 3.79. The van der Waals surface area contributed by atoms with Crippen molar-refractivity contribution in [2.75, 3.05) is 32.8 Å². The Balaban J connectivity index is 1.59. The first kappa shape index (κ1) is 20.4. The minimum atomic E-state index is -0.0393. The van der Waals surface area contributed by atoms with Gasteiger partial charge in [0.15, 0.2) is 5.96 Å². The number of nitrogens with one attached hydrogen (secondary N) is 1. The molecule has 1 N–H and O–H groups in total. The van der Waals surface area contributed by atoms with E-state index in [-0.39, 0.29) is 11.9 Å². The average molecular weight is 380 g/mol. The molecule has 154 valence electrons. The molecule has 27 heavy (non-hydrogen) atoms. The van der Waals surface area contributed by atoms with Gasteiger partial charge < -0.3 is 19.7 Å². The predicted molar refractivity (Wildman–Crippen MR) is 107 cm³/mol. The first-order valence-corrected chi connectivity index (χ1v) is 11.0. The van der Waals surface area contributed by atoms with Crippen molar-refractivity contribution in [1.82, 2.24) is 10.2 Å². The number of carbonyl (C=O) groups is 1. The number of ether oxygens (including phenoxy) is 2. The van der Waals surface area contributed by atoms with Crippen molar-refractivity contribution in [3.05, 3.63) is 0 Å². The fourth-order valence-corrected chi connectivity index (χ4v) is 5.22. The highest BCUT2D eigenvalue weighted by atomic mass is 16.5. The lowest BCUT2D eigenvalue weighted by Gasteiger charge is -2.55. The molecule has 6 heteroatoms. The van der Waals surface area contributed by atoms with Crippen LogP contribution in [0.1, 0.15) is 65.7 Å². The molecule has 6 nitrogen and oxygen atoms in total. The fourth-order valence-electron chi connectivity index (χ4n) is 5.22. The number of hydrogen-bond acceptors (Lipinski definition) is 4. The van der Waals surface area contributed by atoms with E-state index in [1.165, 1.54) is 25.7 Å². The molecule has 3 rings (SSSR count). The first-order chi connectivity index (χ1) is 13.1. The van der Waals surface area contributed by atoms with E-state index in [1.54, 1.807) is 0 Å². The van der Waals surface area contributed by atoms with Gasteiger partial charge in [0, 0.05) is 37.7 Å². The van der Waals surface area contributed by atoms with Gasteiger partial charge in [0.05, 0.1) is 18.6 Å². The Morgan fingerprint density at radius 2 is 1.85 bits per heavy atom. The largest absolute Gasteiger partial charge is 0.466 e. The van der Waals surface area contributed by atoms with Crippen LogP contribution in [0.3, 0.4) is 0 Å². The van der Waals surface area contributed by atoms with E-state index in [0.717, 1.165) is 51.5 Å². The van der Waals surface area contributed by atoms with Crippen LogP contribution in [0.2, 0.25) is 0 Å². The van der Waals surface area contributed by atoms with Crippen molar-refractivity contribution in [1.29, 1.82) is 0 Å². The molecule has 0 aromatic rings. The van der Waals surface area contributed by atoms with Crippen molar-refractivity contribution in [3.8, 4) is 0 Å². The standard InChI is InChI=1S/C21H37N3O3/c1-4-22-20(24-13-9-16(10-14-24)19(25)27-6-3)23-17-15-18(26-5-2)21(17)11-7-8-12-21/h16-18H,4-15H2,1-3H3,(H,22,23). The molecule has 1 heterocycles. The zero-order chi connectivity index (χ0) is 19.3. The van der Waals surface area contributed by atoms with Crippen LogP contribution >= 0.6 is 0 Å². The summed E-state index contributed by atoms with van der Waals surface area (Å²) in [6, 6.07) is 0.463. The Kier molecular flexibility index (Phi) is 7.01. The van der Waals surface area contributed by atoms with Gasteiger partial charge in [-0.25, -0.2) is 0 Å². The highest BCUT2D eigenvalue weighted by Gasteiger charge is 2.57. The van der Waals surface area contributed by atoms with Crippen LogP contribution in [0.5, 0.6) is 0 Å². The van der Waals surface area contributed by atoms with E-state index in [0.29, 0.717) is 24.2 Å². The molecule has 2 unspecified atom stereocenters. The van der Waals surface area contributed by atoms with Gasteiger partial charge in [-0.05, 0) is 52.9 Å². The van der Waals surface area contributed by atoms with Gasteiger partial charge in [-0.2, -0.15) is 0 Å². The van der Waals surface area contributed by atoms with Gasteiger partial charge in [0.25, 0.3) is 0 Å². The number of esters is 1. The molecule has 0 aromatic heterocycles. The summed E-state index contributed by atoms with van der Waals surface area (Å²) in [5.41, 5.74) is 0.299. The zero-order valence-corrected chi connectivity index (χ0v) is 17.3. The number of nitrogens with zero attached hydrogens (tertiary/aromatic N) is 2. The third kappa shape index (κ3) is 4.25. The minimum Gasteiger partial charge on any atom is -0.466 e. The Bertz CT molecular complexity index is 523. The maximum absolute atomic E-state index is 12.0. The molecule has 2 atom stereocenters. The highest BCUT2D eigenvalue weighted by molar-refractivity contribution is 5.81. The third-order valence-corrected chi connectivity index (χ3v) is 6.71. The molecule has 0 aromatic carbocycles. The molecule has 1 aliphatic heterocycles. The lowest BCUT2D eigenvalue weighted by atomic mass is 9.60. The van der Waals surface area contributed by atoms with Gasteiger partial charge >= 0.3 is 5.97 Å². The molecule has 0 bridgehead atoms. The van der Waals surface area contributed by atoms with Crippen LogP contribution in [0.25, 0.3) is 0 Å². The van der Waals surface area contributed by atoms with Gasteiger partial charge in [-0.15, -0.1) is 0 Å². The Morgan fingerprint density at radius 1 is 1.15 bits per heavy atom. The monoisotopic (exact) mass is 379 g/mol. The van der Waals surface area contributed by atoms with Crippen molar-refractivity contribution in [2.24, 2.45) is 16.3 Å². The first-order valence-electron chi connectivity index (χ1n) is 11.0. The lowest BCUT2D eigenvalue weighted by Crippen LogP contribution is -2.65. The minimum absolute atomic E-state index is 0.0382. The molecule has 0 radical (unpaired) electrons. The van der Waals surface area contributed by atoms with Gasteiger partial charge in [-0.1, -0.05) is 12.8 Å². The van der Waals surface area contributed by atoms with Crippen molar-refractivity contribution >= 4 is 11.9 Å². The maximum Gasteiger partial charge on any atom is 0.309 e. The fraction of sp³-hybridized carbons (Fsp3) is 0.905. The summed E-state index contributed by atoms with van der Waals surface area (Å²) < 4.78 is 11.2. The Morgan fingerprint density at radius 3 is 2.44 bits per heavy atom. The highest BCUT2D eigenvalue weighted by Crippen LogP contribution is 2.54. The van der Waals surface area contributed by atoms with Crippen LogP contribution in [0, 0.1) is 11.3 Å². The van der Waals surface area contributed by atoms with Crippen LogP contribution in [-0.4, -0.2) is 61.8 Å². The molecular weight excluding hydrogens is 342 g/mol. The summed E-state index contributed by atoms with van der Waals surface area (Å²) in [6.45, 7) is 9.83. The van der Waals surface area contributed by atoms with Crippen molar-refractivity contribution in [2.45, 2.75) is 77.9 Å². The maximum atomic E-state index is 12.0. The zero-order valence-electron chi connectivity index (χ0n) is 17.3. The summed E-state index contributed by atoms with van der Waals surface area (Å²) in [6.07, 6.45) is 8.33. The van der Waals surface area contributed by atoms with Crippen molar-refractivity contribution < 1.29 is 14.3 Å². The number of hydrogen-bond donors (Lipinski definition) is 1. The summed E-state index contributed by atoms with van der Waals surface area (Å²) in [4.78, 5) is 19.1. The molecule has 1 saturated heterocycles. The van der Waals surface area contributed by atoms with E-state index in [2.05, 4.69) is 24.1 Å². The second kappa shape index (κ2) is 9.26. The van der Waals surface area contributed by atoms with Crippen LogP contribution in [0.4, 0.5) is 0 Å². The van der Waals surface area contributed by atoms with Gasteiger partial charge in [0.2, 0.25) is 0 Å². The smallest absolute Gasteiger partial charge is 0.309 e. The van der Waals surface area contributed by atoms with E-state index >= 15 is 0 Å². The van der Waals surface area contributed by atoms with Gasteiger partial charge in [0.1, 0.15) is 0 Å². The quantitative estimate of drug-likeness (QED) is 0.437. The molecule has 0 amide bonds. The Labute approximate surface area is 164 Å². The summed E-state index contributed by atoms with van der Waals surface area (Å²) in [5.74, 6) is 1.02. The van der Waals surface area contributed by atoms with Crippen molar-refractivity contribution in [3.63, 3.8) is 0 Å². The van der Waals surface area contributed by atoms with Crippen LogP contribution < -0.4 is 5.32 Å². The van der Waals surface area contributed by atoms with E-state index in [4.69, 9.17) is 14.5 Å². The third-order valence-electron chi connectivity index (χ3n) is 6.71. The molecule has 2 aliphatic carbocycles. The second-order valence-corrected chi connectivity index (χ2v) is 8.13. The number of piperidine rings is 1. The predicted octanol–water partition coefficient (Wildman–Crippen LogP) is 2.96. The van der Waals surface area contributed by atoms with Crippen LogP contribution in [-0.2, 0) is 14.3 Å². The average Bonchev–Trinajstić information content (AvgIpc) is 3.20. The normalized spacial score (nSPS) is 28.3. The summed E-state index contributed by atoms with van der Waals surface area (Å²) in [7, 11) is 0. The lowest BCUT2D eigenvalue weighted by molar-refractivity contribution is -0.149. The van der Waals surface area contributed by atoms with E-state index in [9.17, 15) is 4.79 Å². The number of carbonyl (C=O) groups excluding carboxylic acids is 1. The molecule has 1 spiro atoms. The number of aliphatic imine (C=N–C) groups is 1. The van der Waals surface area contributed by atoms with Gasteiger partial charge in [-0.3, -0.25) is 9.79 Å². The SMILES string of the molecule is CCN=C(NC1CC(OCC)C12CCCC2)N1CCC(C(=O)OCC)CC1. The van der Waals surface area contributed by atoms with Crippen LogP contribution in [0.15, 0.2) is 4.99 Å². The topological polar surface area (TPSA) is 63.2 Å². The van der Waals surface area contributed by atoms with E-state index in [1.807, 2.05) is 6.92 Å². The molecule has 2 saturated carbocycles. The van der Waals surface area contributed by atoms with E-state index < -0.39 is 0 Å². The number of likely N-dealkylation sites (tertiary alicyclic amines) is 1. The summed E-state index contributed by atoms with van der Waals surface area (Å²) >= 11 is 0. The molecular formula is C21H37N3O3. The molecule has 3 fully saturated rings. The number of guanidine groups is 1.